The molecule has 0 aliphatic carbocycles. The molecule has 0 saturated heterocycles. The highest BCUT2D eigenvalue weighted by Crippen LogP contribution is 2.18. The van der Waals surface area contributed by atoms with Crippen LogP contribution in [0.5, 0.6) is 0 Å². The van der Waals surface area contributed by atoms with Gasteiger partial charge in [0, 0.05) is 23.7 Å². The van der Waals surface area contributed by atoms with E-state index in [1.807, 2.05) is 38.1 Å². The Morgan fingerprint density at radius 2 is 2.05 bits per heavy atom. The molecular weight excluding hydrogens is 290 g/mol. The lowest BCUT2D eigenvalue weighted by Gasteiger charge is -2.07. The molecule has 1 heterocycles. The summed E-state index contributed by atoms with van der Waals surface area (Å²) in [7, 11) is 0. The lowest BCUT2D eigenvalue weighted by molar-refractivity contribution is -0.116. The molecule has 0 aliphatic rings. The molecule has 2 rings (SSSR count). The molecule has 1 amide bonds. The second kappa shape index (κ2) is 7.75. The quantitative estimate of drug-likeness (QED) is 0.789. The summed E-state index contributed by atoms with van der Waals surface area (Å²) in [4.78, 5) is 15.9. The summed E-state index contributed by atoms with van der Waals surface area (Å²) in [5.41, 5.74) is 7.29. The van der Waals surface area contributed by atoms with E-state index in [0.29, 0.717) is 18.7 Å². The highest BCUT2D eigenvalue weighted by Gasteiger charge is 2.06. The van der Waals surface area contributed by atoms with Crippen LogP contribution in [0.3, 0.4) is 0 Å². The van der Waals surface area contributed by atoms with Crippen molar-refractivity contribution < 1.29 is 4.79 Å². The Kier molecular flexibility index (Phi) is 6.33. The van der Waals surface area contributed by atoms with Crippen LogP contribution in [0.25, 0.3) is 11.4 Å². The van der Waals surface area contributed by atoms with Crippen molar-refractivity contribution in [2.75, 3.05) is 5.32 Å². The van der Waals surface area contributed by atoms with Crippen molar-refractivity contribution in [2.45, 2.75) is 32.7 Å². The number of amides is 1. The van der Waals surface area contributed by atoms with Crippen LogP contribution in [0.2, 0.25) is 0 Å². The predicted molar refractivity (Wildman–Crippen MR) is 85.3 cm³/mol. The summed E-state index contributed by atoms with van der Waals surface area (Å²) in [6.07, 6.45) is 1.11. The van der Waals surface area contributed by atoms with Gasteiger partial charge in [-0.05, 0) is 44.5 Å². The highest BCUT2D eigenvalue weighted by atomic mass is 35.5. The first kappa shape index (κ1) is 17.1. The van der Waals surface area contributed by atoms with Crippen LogP contribution in [0.15, 0.2) is 24.3 Å². The minimum absolute atomic E-state index is 0. The Labute approximate surface area is 129 Å². The Hall–Kier alpha value is -1.92. The molecule has 1 unspecified atom stereocenters. The molecular formula is C14H20ClN5O. The molecule has 0 saturated carbocycles. The van der Waals surface area contributed by atoms with Gasteiger partial charge < -0.3 is 11.1 Å². The molecule has 0 radical (unpaired) electrons. The fourth-order valence-corrected chi connectivity index (χ4v) is 1.76. The number of hydrogen-bond acceptors (Lipinski definition) is 4. The summed E-state index contributed by atoms with van der Waals surface area (Å²) < 4.78 is 0. The molecule has 0 fully saturated rings. The van der Waals surface area contributed by atoms with Crippen LogP contribution in [0, 0.1) is 6.92 Å². The Morgan fingerprint density at radius 3 is 2.57 bits per heavy atom. The number of aromatic nitrogens is 3. The summed E-state index contributed by atoms with van der Waals surface area (Å²) in [6, 6.07) is 7.47. The molecule has 1 aromatic carbocycles. The second-order valence-electron chi connectivity index (χ2n) is 4.89. The van der Waals surface area contributed by atoms with Gasteiger partial charge in [0.15, 0.2) is 5.82 Å². The minimum Gasteiger partial charge on any atom is -0.328 e. The third-order valence-electron chi connectivity index (χ3n) is 2.85. The van der Waals surface area contributed by atoms with Crippen LogP contribution in [-0.4, -0.2) is 27.1 Å². The fraction of sp³-hybridized carbons (Fsp3) is 0.357. The largest absolute Gasteiger partial charge is 0.328 e. The zero-order valence-corrected chi connectivity index (χ0v) is 12.9. The molecule has 0 spiro atoms. The third kappa shape index (κ3) is 5.17. The number of anilines is 1. The molecule has 4 N–H and O–H groups in total. The first-order valence-corrected chi connectivity index (χ1v) is 6.59. The van der Waals surface area contributed by atoms with E-state index < -0.39 is 0 Å². The Bertz CT molecular complexity index is 579. The van der Waals surface area contributed by atoms with E-state index in [4.69, 9.17) is 5.73 Å². The molecule has 1 atom stereocenters. The number of nitrogens with one attached hydrogen (secondary N) is 2. The van der Waals surface area contributed by atoms with Gasteiger partial charge in [0.1, 0.15) is 5.82 Å². The van der Waals surface area contributed by atoms with Crippen LogP contribution in [-0.2, 0) is 4.79 Å². The minimum atomic E-state index is -0.0243. The SMILES string of the molecule is Cc1nc(-c2ccc(NC(=O)CCC(C)N)cc2)n[nH]1.Cl. The average Bonchev–Trinajstić information content (AvgIpc) is 2.84. The molecule has 114 valence electrons. The average molecular weight is 310 g/mol. The first-order valence-electron chi connectivity index (χ1n) is 6.59. The van der Waals surface area contributed by atoms with Crippen molar-refractivity contribution >= 4 is 24.0 Å². The van der Waals surface area contributed by atoms with Gasteiger partial charge >= 0.3 is 0 Å². The third-order valence-corrected chi connectivity index (χ3v) is 2.85. The molecule has 2 aromatic rings. The number of aryl methyl sites for hydroxylation is 1. The van der Waals surface area contributed by atoms with Crippen LogP contribution < -0.4 is 11.1 Å². The molecule has 0 bridgehead atoms. The second-order valence-corrected chi connectivity index (χ2v) is 4.89. The zero-order chi connectivity index (χ0) is 14.5. The van der Waals surface area contributed by atoms with Gasteiger partial charge in [0.05, 0.1) is 0 Å². The van der Waals surface area contributed by atoms with Gasteiger partial charge in [-0.1, -0.05) is 0 Å². The van der Waals surface area contributed by atoms with Gasteiger partial charge in [-0.15, -0.1) is 12.4 Å². The van der Waals surface area contributed by atoms with E-state index in [1.165, 1.54) is 0 Å². The van der Waals surface area contributed by atoms with E-state index in [9.17, 15) is 4.79 Å². The smallest absolute Gasteiger partial charge is 0.224 e. The number of nitrogens with zero attached hydrogens (tertiary/aromatic N) is 2. The van der Waals surface area contributed by atoms with Crippen molar-refractivity contribution in [1.82, 2.24) is 15.2 Å². The van der Waals surface area contributed by atoms with Gasteiger partial charge in [-0.2, -0.15) is 5.10 Å². The molecule has 0 aliphatic heterocycles. The fourth-order valence-electron chi connectivity index (χ4n) is 1.76. The van der Waals surface area contributed by atoms with Crippen LogP contribution in [0.4, 0.5) is 5.69 Å². The van der Waals surface area contributed by atoms with Crippen LogP contribution >= 0.6 is 12.4 Å². The summed E-state index contributed by atoms with van der Waals surface area (Å²) in [5.74, 6) is 1.40. The summed E-state index contributed by atoms with van der Waals surface area (Å²) >= 11 is 0. The number of hydrogen-bond donors (Lipinski definition) is 3. The van der Waals surface area contributed by atoms with Gasteiger partial charge in [0.25, 0.3) is 0 Å². The van der Waals surface area contributed by atoms with Crippen molar-refractivity contribution in [3.63, 3.8) is 0 Å². The lowest BCUT2D eigenvalue weighted by atomic mass is 10.1. The zero-order valence-electron chi connectivity index (χ0n) is 12.1. The van der Waals surface area contributed by atoms with E-state index >= 15 is 0 Å². The molecule has 21 heavy (non-hydrogen) atoms. The standard InChI is InChI=1S/C14H19N5O.ClH/c1-9(15)3-8-13(20)17-12-6-4-11(5-7-12)14-16-10(2)18-19-14;/h4-7,9H,3,8,15H2,1-2H3,(H,17,20)(H,16,18,19);1H. The number of halogens is 1. The number of carbonyl (C=O) groups excluding carboxylic acids is 1. The van der Waals surface area contributed by atoms with Crippen molar-refractivity contribution in [3.05, 3.63) is 30.1 Å². The number of H-pyrrole nitrogens is 1. The van der Waals surface area contributed by atoms with Gasteiger partial charge in [-0.3, -0.25) is 9.89 Å². The summed E-state index contributed by atoms with van der Waals surface area (Å²) in [6.45, 7) is 3.74. The van der Waals surface area contributed by atoms with Crippen molar-refractivity contribution in [3.8, 4) is 11.4 Å². The molecule has 6 nitrogen and oxygen atoms in total. The van der Waals surface area contributed by atoms with E-state index in [2.05, 4.69) is 20.5 Å². The Morgan fingerprint density at radius 1 is 1.38 bits per heavy atom. The topological polar surface area (TPSA) is 96.7 Å². The van der Waals surface area contributed by atoms with Gasteiger partial charge in [0.2, 0.25) is 5.91 Å². The number of rotatable bonds is 5. The van der Waals surface area contributed by atoms with E-state index in [0.717, 1.165) is 17.1 Å². The lowest BCUT2D eigenvalue weighted by Crippen LogP contribution is -2.19. The molecule has 1 aromatic heterocycles. The maximum atomic E-state index is 11.7. The highest BCUT2D eigenvalue weighted by molar-refractivity contribution is 5.90. The normalized spacial score (nSPS) is 11.6. The number of carbonyl (C=O) groups is 1. The Balaban J connectivity index is 0.00000220. The maximum Gasteiger partial charge on any atom is 0.224 e. The van der Waals surface area contributed by atoms with E-state index in [-0.39, 0.29) is 24.4 Å². The van der Waals surface area contributed by atoms with Gasteiger partial charge in [-0.25, -0.2) is 4.98 Å². The first-order chi connectivity index (χ1) is 9.54. The number of nitrogens with two attached hydrogens (primary N) is 1. The number of aromatic amines is 1. The van der Waals surface area contributed by atoms with E-state index in [1.54, 1.807) is 0 Å². The van der Waals surface area contributed by atoms with Crippen LogP contribution in [0.1, 0.15) is 25.6 Å². The molecule has 7 heteroatoms. The summed E-state index contributed by atoms with van der Waals surface area (Å²) in [5, 5.41) is 9.72. The number of benzene rings is 1. The monoisotopic (exact) mass is 309 g/mol. The van der Waals surface area contributed by atoms with Crippen molar-refractivity contribution in [1.29, 1.82) is 0 Å². The maximum absolute atomic E-state index is 11.7. The predicted octanol–water partition coefficient (Wildman–Crippen LogP) is 2.27. The van der Waals surface area contributed by atoms with Crippen molar-refractivity contribution in [2.24, 2.45) is 5.73 Å².